The number of benzene rings is 1. The first-order chi connectivity index (χ1) is 10.1. The quantitative estimate of drug-likeness (QED) is 0.774. The topological polar surface area (TPSA) is 85.5 Å². The van der Waals surface area contributed by atoms with Crippen molar-refractivity contribution in [2.75, 3.05) is 5.73 Å². The number of halogens is 1. The Kier molecular flexibility index (Phi) is 3.18. The van der Waals surface area contributed by atoms with Crippen LogP contribution in [0.4, 0.5) is 5.95 Å². The molecule has 0 aliphatic carbocycles. The van der Waals surface area contributed by atoms with Gasteiger partial charge in [-0.1, -0.05) is 15.9 Å². The van der Waals surface area contributed by atoms with Gasteiger partial charge in [-0.05, 0) is 32.0 Å². The largest absolute Gasteiger partial charge is 0.369 e. The molecule has 0 aliphatic heterocycles. The molecule has 0 amide bonds. The van der Waals surface area contributed by atoms with Crippen LogP contribution in [0.3, 0.4) is 0 Å². The summed E-state index contributed by atoms with van der Waals surface area (Å²) >= 11 is 3.38. The summed E-state index contributed by atoms with van der Waals surface area (Å²) < 4.78 is 4.47. The maximum Gasteiger partial charge on any atom is 0.207 e. The molecule has 0 saturated heterocycles. The number of hydrogen-bond acceptors (Lipinski definition) is 4. The number of aryl methyl sites for hydroxylation is 2. The Labute approximate surface area is 129 Å². The van der Waals surface area contributed by atoms with Crippen LogP contribution in [0.2, 0.25) is 0 Å². The van der Waals surface area contributed by atoms with Crippen molar-refractivity contribution in [1.82, 2.24) is 19.3 Å². The zero-order chi connectivity index (χ0) is 15.1. The summed E-state index contributed by atoms with van der Waals surface area (Å²) in [7, 11) is 0. The zero-order valence-electron chi connectivity index (χ0n) is 11.6. The molecule has 0 unspecified atom stereocenters. The summed E-state index contributed by atoms with van der Waals surface area (Å²) in [5, 5.41) is 13.8. The van der Waals surface area contributed by atoms with Gasteiger partial charge in [0.1, 0.15) is 11.6 Å². The van der Waals surface area contributed by atoms with Gasteiger partial charge < -0.3 is 5.73 Å². The van der Waals surface area contributed by atoms with E-state index in [0.29, 0.717) is 23.7 Å². The lowest BCUT2D eigenvalue weighted by molar-refractivity contribution is 0.663. The summed E-state index contributed by atoms with van der Waals surface area (Å²) in [6.45, 7) is 4.61. The van der Waals surface area contributed by atoms with Gasteiger partial charge in [-0.3, -0.25) is 4.57 Å². The van der Waals surface area contributed by atoms with Gasteiger partial charge in [0, 0.05) is 11.0 Å². The molecule has 21 heavy (non-hydrogen) atoms. The van der Waals surface area contributed by atoms with E-state index in [2.05, 4.69) is 32.1 Å². The number of nitriles is 1. The number of hydrogen-bond donors (Lipinski definition) is 1. The van der Waals surface area contributed by atoms with Gasteiger partial charge in [-0.25, -0.2) is 9.67 Å². The third kappa shape index (κ3) is 1.99. The van der Waals surface area contributed by atoms with Crippen LogP contribution in [0.1, 0.15) is 18.2 Å². The Morgan fingerprint density at radius 3 is 2.86 bits per heavy atom. The fourth-order valence-corrected chi connectivity index (χ4v) is 2.80. The molecule has 0 fully saturated rings. The van der Waals surface area contributed by atoms with Gasteiger partial charge >= 0.3 is 0 Å². The molecule has 2 aromatic heterocycles. The molecule has 7 heteroatoms. The summed E-state index contributed by atoms with van der Waals surface area (Å²) in [5.41, 5.74) is 9.71. The van der Waals surface area contributed by atoms with Gasteiger partial charge in [-0.2, -0.15) is 10.4 Å². The number of rotatable bonds is 2. The van der Waals surface area contributed by atoms with E-state index >= 15 is 0 Å². The summed E-state index contributed by atoms with van der Waals surface area (Å²) in [6, 6.07) is 7.69. The standard InChI is InChI=1S/C14H13BrN6/c1-3-20-13-12(8(2)19-20)18-14(17)21(13)11-5-4-10(15)6-9(11)7-16/h4-6H,3H2,1-2H3,(H2,17,18). The Morgan fingerprint density at radius 1 is 1.43 bits per heavy atom. The number of imidazole rings is 1. The zero-order valence-corrected chi connectivity index (χ0v) is 13.2. The van der Waals surface area contributed by atoms with Gasteiger partial charge in [0.2, 0.25) is 5.95 Å². The number of fused-ring (bicyclic) bond motifs is 1. The molecular formula is C14H13BrN6. The van der Waals surface area contributed by atoms with E-state index in [1.807, 2.05) is 30.7 Å². The van der Waals surface area contributed by atoms with Crippen molar-refractivity contribution in [1.29, 1.82) is 5.26 Å². The van der Waals surface area contributed by atoms with Crippen molar-refractivity contribution in [3.63, 3.8) is 0 Å². The van der Waals surface area contributed by atoms with Crippen molar-refractivity contribution in [2.24, 2.45) is 0 Å². The fourth-order valence-electron chi connectivity index (χ4n) is 2.44. The van der Waals surface area contributed by atoms with Crippen LogP contribution >= 0.6 is 15.9 Å². The number of nitrogen functional groups attached to an aromatic ring is 1. The third-order valence-electron chi connectivity index (χ3n) is 3.36. The van der Waals surface area contributed by atoms with E-state index in [1.54, 1.807) is 10.6 Å². The average molecular weight is 345 g/mol. The normalized spacial score (nSPS) is 11.0. The first-order valence-electron chi connectivity index (χ1n) is 6.48. The highest BCUT2D eigenvalue weighted by atomic mass is 79.9. The van der Waals surface area contributed by atoms with Crippen molar-refractivity contribution >= 4 is 33.0 Å². The minimum absolute atomic E-state index is 0.353. The molecule has 0 spiro atoms. The lowest BCUT2D eigenvalue weighted by Gasteiger charge is -2.10. The Balaban J connectivity index is 2.40. The summed E-state index contributed by atoms with van der Waals surface area (Å²) in [5.74, 6) is 0.353. The molecule has 0 atom stereocenters. The molecule has 2 heterocycles. The van der Waals surface area contributed by atoms with Crippen LogP contribution in [-0.4, -0.2) is 19.3 Å². The fraction of sp³-hybridized carbons (Fsp3) is 0.214. The van der Waals surface area contributed by atoms with E-state index in [1.165, 1.54) is 0 Å². The van der Waals surface area contributed by atoms with Crippen LogP contribution < -0.4 is 5.73 Å². The van der Waals surface area contributed by atoms with Crippen molar-refractivity contribution in [2.45, 2.75) is 20.4 Å². The Morgan fingerprint density at radius 2 is 2.19 bits per heavy atom. The molecule has 3 rings (SSSR count). The minimum Gasteiger partial charge on any atom is -0.369 e. The SMILES string of the molecule is CCn1nc(C)c2nc(N)n(-c3ccc(Br)cc3C#N)c21. The highest BCUT2D eigenvalue weighted by molar-refractivity contribution is 9.10. The van der Waals surface area contributed by atoms with E-state index in [0.717, 1.165) is 21.3 Å². The predicted molar refractivity (Wildman–Crippen MR) is 84.1 cm³/mol. The second-order valence-electron chi connectivity index (χ2n) is 4.65. The van der Waals surface area contributed by atoms with Crippen LogP contribution in [-0.2, 0) is 6.54 Å². The number of nitrogens with zero attached hydrogens (tertiary/aromatic N) is 5. The molecule has 1 aromatic carbocycles. The Bertz CT molecular complexity index is 883. The van der Waals surface area contributed by atoms with Crippen LogP contribution in [0.25, 0.3) is 16.9 Å². The van der Waals surface area contributed by atoms with Gasteiger partial charge in [0.15, 0.2) is 5.65 Å². The van der Waals surface area contributed by atoms with Crippen molar-refractivity contribution in [3.05, 3.63) is 33.9 Å². The van der Waals surface area contributed by atoms with Gasteiger partial charge in [-0.15, -0.1) is 0 Å². The van der Waals surface area contributed by atoms with Crippen LogP contribution in [0, 0.1) is 18.3 Å². The molecular weight excluding hydrogens is 332 g/mol. The Hall–Kier alpha value is -2.33. The second kappa shape index (κ2) is 4.90. The lowest BCUT2D eigenvalue weighted by atomic mass is 10.2. The summed E-state index contributed by atoms with van der Waals surface area (Å²) in [6.07, 6.45) is 0. The lowest BCUT2D eigenvalue weighted by Crippen LogP contribution is -2.08. The highest BCUT2D eigenvalue weighted by Gasteiger charge is 2.19. The average Bonchev–Trinajstić information content (AvgIpc) is 2.96. The minimum atomic E-state index is 0.353. The summed E-state index contributed by atoms with van der Waals surface area (Å²) in [4.78, 5) is 4.39. The molecule has 2 N–H and O–H groups in total. The molecule has 106 valence electrons. The maximum absolute atomic E-state index is 9.37. The number of anilines is 1. The third-order valence-corrected chi connectivity index (χ3v) is 3.85. The van der Waals surface area contributed by atoms with Crippen LogP contribution in [0.5, 0.6) is 0 Å². The van der Waals surface area contributed by atoms with Crippen molar-refractivity contribution in [3.8, 4) is 11.8 Å². The van der Waals surface area contributed by atoms with E-state index in [9.17, 15) is 5.26 Å². The first kappa shape index (κ1) is 13.6. The number of aromatic nitrogens is 4. The van der Waals surface area contributed by atoms with E-state index in [4.69, 9.17) is 5.73 Å². The molecule has 0 saturated carbocycles. The number of nitrogens with two attached hydrogens (primary N) is 1. The van der Waals surface area contributed by atoms with E-state index in [-0.39, 0.29) is 0 Å². The molecule has 0 bridgehead atoms. The molecule has 3 aromatic rings. The van der Waals surface area contributed by atoms with Crippen LogP contribution in [0.15, 0.2) is 22.7 Å². The molecule has 0 radical (unpaired) electrons. The van der Waals surface area contributed by atoms with Gasteiger partial charge in [0.25, 0.3) is 0 Å². The predicted octanol–water partition coefficient (Wildman–Crippen LogP) is 2.77. The second-order valence-corrected chi connectivity index (χ2v) is 5.57. The molecule has 6 nitrogen and oxygen atoms in total. The molecule has 0 aliphatic rings. The van der Waals surface area contributed by atoms with Crippen molar-refractivity contribution < 1.29 is 0 Å². The smallest absolute Gasteiger partial charge is 0.207 e. The van der Waals surface area contributed by atoms with Gasteiger partial charge in [0.05, 0.1) is 16.9 Å². The highest BCUT2D eigenvalue weighted by Crippen LogP contribution is 2.28. The maximum atomic E-state index is 9.37. The first-order valence-corrected chi connectivity index (χ1v) is 7.27. The van der Waals surface area contributed by atoms with E-state index < -0.39 is 0 Å². The monoisotopic (exact) mass is 344 g/mol.